The van der Waals surface area contributed by atoms with Gasteiger partial charge < -0.3 is 5.11 Å². The number of hydrogen-bond acceptors (Lipinski definition) is 3. The summed E-state index contributed by atoms with van der Waals surface area (Å²) in [6.07, 6.45) is 0. The zero-order chi connectivity index (χ0) is 10.3. The third-order valence-corrected chi connectivity index (χ3v) is 3.33. The summed E-state index contributed by atoms with van der Waals surface area (Å²) < 4.78 is 6.39. The minimum absolute atomic E-state index is 0.749. The molecule has 0 amide bonds. The van der Waals surface area contributed by atoms with Gasteiger partial charge in [0.25, 0.3) is 0 Å². The number of fused-ring (bicyclic) bond motifs is 1. The van der Waals surface area contributed by atoms with Gasteiger partial charge in [0, 0.05) is 9.86 Å². The first-order valence-corrected chi connectivity index (χ1v) is 5.83. The maximum Gasteiger partial charge on any atom is 0.103 e. The molecule has 4 heteroatoms. The molecule has 1 N–H and O–H groups in total. The van der Waals surface area contributed by atoms with Gasteiger partial charge in [0.1, 0.15) is 5.60 Å². The van der Waals surface area contributed by atoms with Crippen LogP contribution in [0.2, 0.25) is 0 Å². The highest BCUT2D eigenvalue weighted by molar-refractivity contribution is 9.10. The summed E-state index contributed by atoms with van der Waals surface area (Å²) in [5.74, 6) is 0. The second-order valence-electron chi connectivity index (χ2n) is 3.73. The fraction of sp³-hybridized carbons (Fsp3) is 0.300. The van der Waals surface area contributed by atoms with Crippen molar-refractivity contribution in [3.8, 4) is 0 Å². The van der Waals surface area contributed by atoms with E-state index in [9.17, 15) is 5.11 Å². The second kappa shape index (κ2) is 3.29. The van der Waals surface area contributed by atoms with Crippen LogP contribution in [-0.4, -0.2) is 9.48 Å². The number of aromatic nitrogens is 1. The van der Waals surface area contributed by atoms with Crippen molar-refractivity contribution in [2.45, 2.75) is 19.4 Å². The first-order valence-electron chi connectivity index (χ1n) is 4.26. The van der Waals surface area contributed by atoms with Gasteiger partial charge in [-0.15, -0.1) is 0 Å². The molecule has 1 aromatic carbocycles. The molecule has 2 aromatic rings. The molecule has 0 saturated carbocycles. The smallest absolute Gasteiger partial charge is 0.103 e. The Morgan fingerprint density at radius 3 is 2.79 bits per heavy atom. The van der Waals surface area contributed by atoms with Crippen LogP contribution in [0.3, 0.4) is 0 Å². The number of benzene rings is 1. The predicted molar refractivity (Wildman–Crippen MR) is 62.6 cm³/mol. The summed E-state index contributed by atoms with van der Waals surface area (Å²) in [7, 11) is 0. The monoisotopic (exact) mass is 271 g/mol. The zero-order valence-corrected chi connectivity index (χ0v) is 10.3. The fourth-order valence-electron chi connectivity index (χ4n) is 1.35. The van der Waals surface area contributed by atoms with E-state index in [1.807, 2.05) is 18.2 Å². The SMILES string of the molecule is CC(C)(O)c1nsc2ccc(Br)cc12. The summed E-state index contributed by atoms with van der Waals surface area (Å²) in [5.41, 5.74) is -0.127. The van der Waals surface area contributed by atoms with E-state index in [2.05, 4.69) is 20.3 Å². The molecular weight excluding hydrogens is 262 g/mol. The molecule has 0 fully saturated rings. The average molecular weight is 272 g/mol. The van der Waals surface area contributed by atoms with E-state index in [-0.39, 0.29) is 0 Å². The molecule has 0 radical (unpaired) electrons. The molecule has 0 aliphatic heterocycles. The lowest BCUT2D eigenvalue weighted by Gasteiger charge is -2.14. The van der Waals surface area contributed by atoms with Crippen LogP contribution in [0.1, 0.15) is 19.5 Å². The first kappa shape index (κ1) is 10.1. The van der Waals surface area contributed by atoms with Gasteiger partial charge in [-0.25, -0.2) is 0 Å². The van der Waals surface area contributed by atoms with Crippen LogP contribution in [0, 0.1) is 0 Å². The van der Waals surface area contributed by atoms with Crippen molar-refractivity contribution >= 4 is 37.5 Å². The Balaban J connectivity index is 2.73. The normalized spacial score (nSPS) is 12.3. The lowest BCUT2D eigenvalue weighted by Crippen LogP contribution is -2.15. The molecular formula is C10H10BrNOS. The molecule has 74 valence electrons. The molecule has 1 heterocycles. The van der Waals surface area contributed by atoms with Crippen LogP contribution in [0.25, 0.3) is 10.1 Å². The number of halogens is 1. The maximum atomic E-state index is 9.90. The minimum Gasteiger partial charge on any atom is -0.384 e. The van der Waals surface area contributed by atoms with Crippen LogP contribution >= 0.6 is 27.5 Å². The molecule has 0 unspecified atom stereocenters. The lowest BCUT2D eigenvalue weighted by molar-refractivity contribution is 0.0765. The highest BCUT2D eigenvalue weighted by Crippen LogP contribution is 2.32. The highest BCUT2D eigenvalue weighted by atomic mass is 79.9. The third-order valence-electron chi connectivity index (χ3n) is 2.01. The molecule has 0 saturated heterocycles. The number of hydrogen-bond donors (Lipinski definition) is 1. The number of aliphatic hydroxyl groups is 1. The quantitative estimate of drug-likeness (QED) is 0.864. The van der Waals surface area contributed by atoms with Crippen molar-refractivity contribution in [1.29, 1.82) is 0 Å². The van der Waals surface area contributed by atoms with E-state index >= 15 is 0 Å². The van der Waals surface area contributed by atoms with Crippen LogP contribution in [0.4, 0.5) is 0 Å². The Kier molecular flexibility index (Phi) is 2.37. The number of rotatable bonds is 1. The first-order chi connectivity index (χ1) is 6.48. The fourth-order valence-corrected chi connectivity index (χ4v) is 2.61. The van der Waals surface area contributed by atoms with Crippen molar-refractivity contribution in [1.82, 2.24) is 4.37 Å². The van der Waals surface area contributed by atoms with Crippen molar-refractivity contribution in [3.63, 3.8) is 0 Å². The Labute approximate surface area is 94.9 Å². The van der Waals surface area contributed by atoms with Crippen molar-refractivity contribution < 1.29 is 5.11 Å². The average Bonchev–Trinajstić information content (AvgIpc) is 2.45. The Bertz CT molecular complexity index is 472. The van der Waals surface area contributed by atoms with E-state index in [0.717, 1.165) is 20.3 Å². The summed E-state index contributed by atoms with van der Waals surface area (Å²) >= 11 is 4.83. The minimum atomic E-state index is -0.876. The van der Waals surface area contributed by atoms with Gasteiger partial charge >= 0.3 is 0 Å². The van der Waals surface area contributed by atoms with E-state index < -0.39 is 5.60 Å². The van der Waals surface area contributed by atoms with Gasteiger partial charge in [0.15, 0.2) is 0 Å². The van der Waals surface area contributed by atoms with Crippen LogP contribution in [0.15, 0.2) is 22.7 Å². The van der Waals surface area contributed by atoms with Crippen molar-refractivity contribution in [2.75, 3.05) is 0 Å². The van der Waals surface area contributed by atoms with Gasteiger partial charge in [-0.2, -0.15) is 4.37 Å². The molecule has 0 atom stereocenters. The van der Waals surface area contributed by atoms with E-state index in [1.165, 1.54) is 11.5 Å². The summed E-state index contributed by atoms with van der Waals surface area (Å²) in [5, 5.41) is 10.9. The molecule has 2 nitrogen and oxygen atoms in total. The summed E-state index contributed by atoms with van der Waals surface area (Å²) in [4.78, 5) is 0. The number of nitrogens with zero attached hydrogens (tertiary/aromatic N) is 1. The standard InChI is InChI=1S/C10H10BrNOS/c1-10(2,13)9-7-5-6(11)3-4-8(7)14-12-9/h3-5,13H,1-2H3. The molecule has 0 spiro atoms. The zero-order valence-electron chi connectivity index (χ0n) is 7.91. The molecule has 14 heavy (non-hydrogen) atoms. The maximum absolute atomic E-state index is 9.90. The Morgan fingerprint density at radius 2 is 2.14 bits per heavy atom. The van der Waals surface area contributed by atoms with Crippen LogP contribution in [0.5, 0.6) is 0 Å². The van der Waals surface area contributed by atoms with Crippen LogP contribution < -0.4 is 0 Å². The molecule has 2 rings (SSSR count). The summed E-state index contributed by atoms with van der Waals surface area (Å²) in [6, 6.07) is 5.98. The topological polar surface area (TPSA) is 33.1 Å². The van der Waals surface area contributed by atoms with Crippen molar-refractivity contribution in [3.05, 3.63) is 28.4 Å². The third kappa shape index (κ3) is 1.69. The lowest BCUT2D eigenvalue weighted by atomic mass is 10.0. The van der Waals surface area contributed by atoms with Crippen LogP contribution in [-0.2, 0) is 5.60 Å². The van der Waals surface area contributed by atoms with E-state index in [0.29, 0.717) is 0 Å². The molecule has 1 aromatic heterocycles. The Morgan fingerprint density at radius 1 is 1.43 bits per heavy atom. The van der Waals surface area contributed by atoms with Gasteiger partial charge in [-0.1, -0.05) is 15.9 Å². The Hall–Kier alpha value is -0.450. The van der Waals surface area contributed by atoms with Gasteiger partial charge in [0.05, 0.1) is 10.4 Å². The predicted octanol–water partition coefficient (Wildman–Crippen LogP) is 3.29. The molecule has 0 aliphatic carbocycles. The van der Waals surface area contributed by atoms with Crippen molar-refractivity contribution in [2.24, 2.45) is 0 Å². The molecule has 0 bridgehead atoms. The van der Waals surface area contributed by atoms with E-state index in [4.69, 9.17) is 0 Å². The highest BCUT2D eigenvalue weighted by Gasteiger charge is 2.22. The summed E-state index contributed by atoms with van der Waals surface area (Å²) in [6.45, 7) is 3.50. The van der Waals surface area contributed by atoms with Gasteiger partial charge in [-0.3, -0.25) is 0 Å². The van der Waals surface area contributed by atoms with Gasteiger partial charge in [0.2, 0.25) is 0 Å². The van der Waals surface area contributed by atoms with E-state index in [1.54, 1.807) is 13.8 Å². The second-order valence-corrected chi connectivity index (χ2v) is 5.45. The largest absolute Gasteiger partial charge is 0.384 e. The van der Waals surface area contributed by atoms with Gasteiger partial charge in [-0.05, 0) is 43.6 Å². The molecule has 0 aliphatic rings.